The number of phosphoric ester groups is 1. The van der Waals surface area contributed by atoms with E-state index in [0.717, 1.165) is 0 Å². The summed E-state index contributed by atoms with van der Waals surface area (Å²) in [5, 5.41) is 11.6. The van der Waals surface area contributed by atoms with Crippen LogP contribution in [0, 0.1) is 22.7 Å². The maximum absolute atomic E-state index is 17.5. The van der Waals surface area contributed by atoms with Gasteiger partial charge in [-0.2, -0.15) is 0 Å². The summed E-state index contributed by atoms with van der Waals surface area (Å²) in [4.78, 5) is 26.1. The second kappa shape index (κ2) is 8.79. The van der Waals surface area contributed by atoms with Crippen LogP contribution >= 0.6 is 7.82 Å². The number of hydrogen-bond acceptors (Lipinski definition) is 9. The minimum absolute atomic E-state index is 0.0145. The first-order chi connectivity index (χ1) is 17.6. The molecule has 5 rings (SSSR count). The molecule has 4 fully saturated rings. The quantitative estimate of drug-likeness (QED) is 0.469. The molecule has 2 unspecified atom stereocenters. The molecule has 1 N–H and O–H groups in total. The lowest BCUT2D eigenvalue weighted by Gasteiger charge is -2.62. The molecule has 0 radical (unpaired) electrons. The number of alkyl halides is 1. The topological polar surface area (TPSA) is 118 Å². The van der Waals surface area contributed by atoms with Gasteiger partial charge >= 0.3 is 13.8 Å². The third-order valence-corrected chi connectivity index (χ3v) is 11.2. The smallest absolute Gasteiger partial charge is 0.390 e. The van der Waals surface area contributed by atoms with E-state index in [0.29, 0.717) is 18.4 Å². The van der Waals surface area contributed by atoms with Crippen molar-refractivity contribution < 1.29 is 46.7 Å². The van der Waals surface area contributed by atoms with Crippen LogP contribution < -0.4 is 0 Å². The van der Waals surface area contributed by atoms with Crippen LogP contribution in [0.25, 0.3) is 0 Å². The Kier molecular flexibility index (Phi) is 6.50. The zero-order valence-electron chi connectivity index (χ0n) is 22.8. The van der Waals surface area contributed by atoms with Crippen LogP contribution in [0.2, 0.25) is 0 Å². The number of fused-ring (bicyclic) bond motifs is 7. The number of carbonyl (C=O) groups excluding carboxylic acids is 2. The maximum Gasteiger partial charge on any atom is 0.532 e. The molecule has 0 amide bonds. The lowest BCUT2D eigenvalue weighted by atomic mass is 9.45. The van der Waals surface area contributed by atoms with Gasteiger partial charge in [-0.1, -0.05) is 18.6 Å². The number of ketones is 1. The lowest BCUT2D eigenvalue weighted by molar-refractivity contribution is -0.250. The minimum Gasteiger partial charge on any atom is -0.390 e. The number of allylic oxidation sites excluding steroid dienone is 4. The first-order valence-electron chi connectivity index (χ1n) is 13.4. The number of aliphatic hydroxyl groups is 1. The average Bonchev–Trinajstić information content (AvgIpc) is 3.22. The van der Waals surface area contributed by atoms with Gasteiger partial charge in [0.05, 0.1) is 19.3 Å². The van der Waals surface area contributed by atoms with E-state index in [1.807, 2.05) is 0 Å². The Balaban J connectivity index is 1.59. The molecule has 5 aliphatic rings. The zero-order valence-corrected chi connectivity index (χ0v) is 23.7. The summed E-state index contributed by atoms with van der Waals surface area (Å²) in [7, 11) is -4.27. The molecule has 1 aliphatic heterocycles. The van der Waals surface area contributed by atoms with E-state index in [1.54, 1.807) is 47.6 Å². The Morgan fingerprint density at radius 2 is 1.84 bits per heavy atom. The van der Waals surface area contributed by atoms with E-state index in [9.17, 15) is 19.3 Å². The maximum atomic E-state index is 17.5. The third-order valence-electron chi connectivity index (χ3n) is 9.71. The van der Waals surface area contributed by atoms with Gasteiger partial charge in [-0.25, -0.2) is 13.8 Å². The number of rotatable bonds is 6. The summed E-state index contributed by atoms with van der Waals surface area (Å²) in [6, 6.07) is 0. The molecule has 9 nitrogen and oxygen atoms in total. The number of carbonyl (C=O) groups is 2. The highest BCUT2D eigenvalue weighted by molar-refractivity contribution is 7.49. The largest absolute Gasteiger partial charge is 0.532 e. The Hall–Kier alpha value is -1.42. The van der Waals surface area contributed by atoms with Gasteiger partial charge in [-0.3, -0.25) is 13.8 Å². The Labute approximate surface area is 222 Å². The summed E-state index contributed by atoms with van der Waals surface area (Å²) in [5.74, 6) is -3.44. The third kappa shape index (κ3) is 3.57. The van der Waals surface area contributed by atoms with Gasteiger partial charge in [0.25, 0.3) is 0 Å². The standard InChI is InChI=1S/C27H38FO9P/c1-7-33-38(32,34-8-2)36-22(31)27-21(35-23(3,4)37-27)14-19-18-10-9-16-13-17(29)11-12-24(16,5)26(18,28)20(30)15-25(19,27)6/h11-13,18-21,30H,7-10,14-15H2,1-6H3/t18?,19?,20-,21+,24-,25-,26-,27-/m0/s1. The zero-order chi connectivity index (χ0) is 27.9. The van der Waals surface area contributed by atoms with Crippen LogP contribution in [-0.4, -0.2) is 59.3 Å². The molecular weight excluding hydrogens is 518 g/mol. The van der Waals surface area contributed by atoms with Crippen molar-refractivity contribution >= 4 is 19.6 Å². The molecule has 1 heterocycles. The SMILES string of the molecule is CCOP(=O)(OCC)OC(=O)[C@@]12OC(C)(C)O[C@@H]1CC1C3CCC4=CC(=O)C=C[C@]4(C)[C@@]3(F)[C@@H](O)C[C@@]12C. The van der Waals surface area contributed by atoms with Crippen molar-refractivity contribution in [3.8, 4) is 0 Å². The highest BCUT2D eigenvalue weighted by Gasteiger charge is 2.81. The summed E-state index contributed by atoms with van der Waals surface area (Å²) < 4.78 is 59.2. The van der Waals surface area contributed by atoms with Gasteiger partial charge in [-0.05, 0) is 78.4 Å². The highest BCUT2D eigenvalue weighted by atomic mass is 31.2. The van der Waals surface area contributed by atoms with Crippen LogP contribution in [-0.2, 0) is 37.2 Å². The van der Waals surface area contributed by atoms with Crippen molar-refractivity contribution in [3.63, 3.8) is 0 Å². The van der Waals surface area contributed by atoms with E-state index >= 15 is 4.39 Å². The molecule has 0 bridgehead atoms. The number of halogens is 1. The molecule has 38 heavy (non-hydrogen) atoms. The molecule has 212 valence electrons. The Morgan fingerprint density at radius 1 is 1.18 bits per heavy atom. The Morgan fingerprint density at radius 3 is 2.47 bits per heavy atom. The molecule has 0 spiro atoms. The number of ether oxygens (including phenoxy) is 2. The van der Waals surface area contributed by atoms with Crippen LogP contribution in [0.4, 0.5) is 4.39 Å². The molecule has 8 atom stereocenters. The van der Waals surface area contributed by atoms with Gasteiger partial charge in [0.1, 0.15) is 6.10 Å². The van der Waals surface area contributed by atoms with Crippen molar-refractivity contribution in [1.82, 2.24) is 0 Å². The molecule has 0 aromatic rings. The Bertz CT molecular complexity index is 1140. The first kappa shape index (κ1) is 28.1. The number of hydrogen-bond donors (Lipinski definition) is 1. The van der Waals surface area contributed by atoms with E-state index in [1.165, 1.54) is 12.2 Å². The molecule has 3 saturated carbocycles. The lowest BCUT2D eigenvalue weighted by Crippen LogP contribution is -2.69. The molecule has 11 heteroatoms. The molecule has 1 saturated heterocycles. The van der Waals surface area contributed by atoms with E-state index in [2.05, 4.69) is 0 Å². The van der Waals surface area contributed by atoms with Crippen molar-refractivity contribution in [2.75, 3.05) is 13.2 Å². The van der Waals surface area contributed by atoms with Gasteiger partial charge in [0.15, 0.2) is 17.2 Å². The van der Waals surface area contributed by atoms with Crippen LogP contribution in [0.1, 0.15) is 67.2 Å². The van der Waals surface area contributed by atoms with Gasteiger partial charge in [-0.15, -0.1) is 0 Å². The van der Waals surface area contributed by atoms with Crippen molar-refractivity contribution in [3.05, 3.63) is 23.8 Å². The fraction of sp³-hybridized carbons (Fsp3) is 0.778. The highest BCUT2D eigenvalue weighted by Crippen LogP contribution is 2.73. The van der Waals surface area contributed by atoms with Crippen LogP contribution in [0.3, 0.4) is 0 Å². The summed E-state index contributed by atoms with van der Waals surface area (Å²) >= 11 is 0. The summed E-state index contributed by atoms with van der Waals surface area (Å²) in [6.45, 7) is 10.0. The molecule has 4 aliphatic carbocycles. The van der Waals surface area contributed by atoms with E-state index in [-0.39, 0.29) is 31.8 Å². The second-order valence-corrected chi connectivity index (χ2v) is 13.6. The van der Waals surface area contributed by atoms with Gasteiger partial charge in [0.2, 0.25) is 5.60 Å². The molecule has 0 aromatic heterocycles. The molecule has 0 aromatic carbocycles. The van der Waals surface area contributed by atoms with Gasteiger partial charge in [0, 0.05) is 16.7 Å². The average molecular weight is 557 g/mol. The minimum atomic E-state index is -4.27. The van der Waals surface area contributed by atoms with Crippen LogP contribution in [0.15, 0.2) is 23.8 Å². The second-order valence-electron chi connectivity index (χ2n) is 12.0. The van der Waals surface area contributed by atoms with Crippen molar-refractivity contribution in [2.24, 2.45) is 22.7 Å². The predicted octanol–water partition coefficient (Wildman–Crippen LogP) is 4.58. The molecular formula is C27H38FO9P. The predicted molar refractivity (Wildman–Crippen MR) is 133 cm³/mol. The normalized spacial score (nSPS) is 45.1. The van der Waals surface area contributed by atoms with Crippen molar-refractivity contribution in [2.45, 2.75) is 96.5 Å². The number of phosphoric acid groups is 1. The van der Waals surface area contributed by atoms with Gasteiger partial charge < -0.3 is 19.1 Å². The van der Waals surface area contributed by atoms with E-state index in [4.69, 9.17) is 23.0 Å². The summed E-state index contributed by atoms with van der Waals surface area (Å²) in [6.07, 6.45) is 3.13. The van der Waals surface area contributed by atoms with E-state index < -0.39 is 65.7 Å². The fourth-order valence-corrected chi connectivity index (χ4v) is 9.39. The fourth-order valence-electron chi connectivity index (χ4n) is 8.24. The first-order valence-corrected chi connectivity index (χ1v) is 14.9. The van der Waals surface area contributed by atoms with Crippen LogP contribution in [0.5, 0.6) is 0 Å². The monoisotopic (exact) mass is 556 g/mol. The summed E-state index contributed by atoms with van der Waals surface area (Å²) in [5.41, 5.74) is -5.48. The van der Waals surface area contributed by atoms with Crippen molar-refractivity contribution in [1.29, 1.82) is 0 Å². The number of aliphatic hydroxyl groups excluding tert-OH is 1.